The Balaban J connectivity index is 0.00000144. The van der Waals surface area contributed by atoms with Gasteiger partial charge in [-0.1, -0.05) is 0 Å². The summed E-state index contributed by atoms with van der Waals surface area (Å²) in [5.74, 6) is 0. The molecule has 0 spiro atoms. The van der Waals surface area contributed by atoms with E-state index in [-0.39, 0.29) is 12.4 Å². The molecule has 2 nitrogen and oxygen atoms in total. The van der Waals surface area contributed by atoms with Crippen LogP contribution in [-0.2, 0) is 6.54 Å². The Morgan fingerprint density at radius 2 is 2.29 bits per heavy atom. The van der Waals surface area contributed by atoms with Crippen molar-refractivity contribution in [2.24, 2.45) is 0 Å². The first-order valence-electron chi connectivity index (χ1n) is 5.90. The molecule has 0 aromatic carbocycles. The van der Waals surface area contributed by atoms with Gasteiger partial charge in [-0.2, -0.15) is 0 Å². The van der Waals surface area contributed by atoms with E-state index in [4.69, 9.17) is 0 Å². The maximum Gasteiger partial charge on any atom is 0.0339 e. The molecule has 0 aliphatic carbocycles. The highest BCUT2D eigenvalue weighted by molar-refractivity contribution is 9.10. The van der Waals surface area contributed by atoms with E-state index in [1.807, 2.05) is 11.3 Å². The van der Waals surface area contributed by atoms with Crippen LogP contribution in [0.15, 0.2) is 15.9 Å². The molecule has 0 amide bonds. The fraction of sp³-hybridized carbons (Fsp3) is 0.667. The van der Waals surface area contributed by atoms with E-state index in [1.165, 1.54) is 41.7 Å². The topological polar surface area (TPSA) is 15.3 Å². The van der Waals surface area contributed by atoms with Crippen molar-refractivity contribution in [2.45, 2.75) is 31.8 Å². The third kappa shape index (κ3) is 4.52. The van der Waals surface area contributed by atoms with Gasteiger partial charge in [-0.3, -0.25) is 4.90 Å². The van der Waals surface area contributed by atoms with Crippen LogP contribution in [-0.4, -0.2) is 31.1 Å². The van der Waals surface area contributed by atoms with Crippen LogP contribution in [0, 0.1) is 0 Å². The van der Waals surface area contributed by atoms with E-state index in [0.717, 1.165) is 12.6 Å². The number of nitrogens with one attached hydrogen (secondary N) is 1. The molecule has 17 heavy (non-hydrogen) atoms. The summed E-state index contributed by atoms with van der Waals surface area (Å²) in [5.41, 5.74) is 0. The fourth-order valence-electron chi connectivity index (χ4n) is 2.24. The summed E-state index contributed by atoms with van der Waals surface area (Å²) >= 11 is 5.45. The Bertz CT molecular complexity index is 324. The van der Waals surface area contributed by atoms with E-state index < -0.39 is 0 Å². The van der Waals surface area contributed by atoms with Crippen LogP contribution < -0.4 is 5.32 Å². The highest BCUT2D eigenvalue weighted by Gasteiger charge is 2.17. The van der Waals surface area contributed by atoms with E-state index >= 15 is 0 Å². The first-order chi connectivity index (χ1) is 7.77. The maximum absolute atomic E-state index is 3.61. The number of hydrogen-bond acceptors (Lipinski definition) is 3. The molecule has 1 aromatic heterocycles. The average molecular weight is 340 g/mol. The molecule has 1 N–H and O–H groups in total. The number of hydrogen-bond donors (Lipinski definition) is 1. The molecule has 1 aromatic rings. The molecule has 1 saturated heterocycles. The van der Waals surface area contributed by atoms with Gasteiger partial charge in [-0.05, 0) is 66.8 Å². The quantitative estimate of drug-likeness (QED) is 0.906. The SMILES string of the molecule is CN(Cc1sccc1Br)C1CCCNCC1.Cl. The third-order valence-corrected chi connectivity index (χ3v) is 5.16. The minimum absolute atomic E-state index is 0. The van der Waals surface area contributed by atoms with Crippen molar-refractivity contribution in [1.29, 1.82) is 0 Å². The van der Waals surface area contributed by atoms with Gasteiger partial charge < -0.3 is 5.32 Å². The molecule has 1 unspecified atom stereocenters. The normalized spacial score (nSPS) is 21.0. The minimum Gasteiger partial charge on any atom is -0.317 e. The second kappa shape index (κ2) is 7.74. The van der Waals surface area contributed by atoms with Crippen molar-refractivity contribution in [3.05, 3.63) is 20.8 Å². The lowest BCUT2D eigenvalue weighted by atomic mass is 10.1. The van der Waals surface area contributed by atoms with Gasteiger partial charge in [0.25, 0.3) is 0 Å². The summed E-state index contributed by atoms with van der Waals surface area (Å²) < 4.78 is 1.26. The Labute approximate surface area is 122 Å². The summed E-state index contributed by atoms with van der Waals surface area (Å²) in [4.78, 5) is 3.95. The largest absolute Gasteiger partial charge is 0.317 e. The molecule has 5 heteroatoms. The second-order valence-corrected chi connectivity index (χ2v) is 6.30. The van der Waals surface area contributed by atoms with Crippen LogP contribution in [0.5, 0.6) is 0 Å². The lowest BCUT2D eigenvalue weighted by molar-refractivity contribution is 0.218. The Kier molecular flexibility index (Phi) is 7.04. The summed E-state index contributed by atoms with van der Waals surface area (Å²) in [6, 6.07) is 2.88. The van der Waals surface area contributed by atoms with Crippen LogP contribution in [0.1, 0.15) is 24.1 Å². The molecule has 1 aliphatic heterocycles. The minimum atomic E-state index is 0. The summed E-state index contributed by atoms with van der Waals surface area (Å²) in [7, 11) is 2.25. The lowest BCUT2D eigenvalue weighted by Crippen LogP contribution is -2.31. The monoisotopic (exact) mass is 338 g/mol. The van der Waals surface area contributed by atoms with E-state index in [9.17, 15) is 0 Å². The Hall–Kier alpha value is 0.390. The first-order valence-corrected chi connectivity index (χ1v) is 7.57. The molecule has 2 rings (SSSR count). The van der Waals surface area contributed by atoms with E-state index in [0.29, 0.717) is 0 Å². The number of rotatable bonds is 3. The van der Waals surface area contributed by atoms with Gasteiger partial charge in [-0.15, -0.1) is 23.7 Å². The molecule has 0 radical (unpaired) electrons. The molecule has 1 aliphatic rings. The molecule has 98 valence electrons. The number of thiophene rings is 1. The summed E-state index contributed by atoms with van der Waals surface area (Å²) in [6.45, 7) is 3.43. The van der Waals surface area contributed by atoms with Gasteiger partial charge in [0.15, 0.2) is 0 Å². The zero-order chi connectivity index (χ0) is 11.4. The van der Waals surface area contributed by atoms with Gasteiger partial charge in [0.05, 0.1) is 0 Å². The summed E-state index contributed by atoms with van der Waals surface area (Å²) in [5, 5.41) is 5.62. The molecular formula is C12H20BrClN2S. The van der Waals surface area contributed by atoms with Crippen molar-refractivity contribution >= 4 is 39.7 Å². The summed E-state index contributed by atoms with van der Waals surface area (Å²) in [6.07, 6.45) is 3.91. The molecule has 1 fully saturated rings. The van der Waals surface area contributed by atoms with E-state index in [2.05, 4.69) is 44.6 Å². The van der Waals surface area contributed by atoms with Crippen molar-refractivity contribution in [3.8, 4) is 0 Å². The van der Waals surface area contributed by atoms with Crippen LogP contribution in [0.3, 0.4) is 0 Å². The zero-order valence-corrected chi connectivity index (χ0v) is 13.3. The van der Waals surface area contributed by atoms with Crippen molar-refractivity contribution in [3.63, 3.8) is 0 Å². The van der Waals surface area contributed by atoms with Crippen LogP contribution >= 0.6 is 39.7 Å². The van der Waals surface area contributed by atoms with Gasteiger partial charge in [0, 0.05) is 21.9 Å². The predicted octanol–water partition coefficient (Wildman–Crippen LogP) is 3.51. The highest BCUT2D eigenvalue weighted by atomic mass is 79.9. The zero-order valence-electron chi connectivity index (χ0n) is 10.1. The average Bonchev–Trinajstić information content (AvgIpc) is 2.57. The second-order valence-electron chi connectivity index (χ2n) is 4.44. The molecule has 1 atom stereocenters. The Morgan fingerprint density at radius 3 is 3.00 bits per heavy atom. The lowest BCUT2D eigenvalue weighted by Gasteiger charge is -2.26. The van der Waals surface area contributed by atoms with Crippen molar-refractivity contribution in [1.82, 2.24) is 10.2 Å². The van der Waals surface area contributed by atoms with Gasteiger partial charge >= 0.3 is 0 Å². The maximum atomic E-state index is 3.61. The number of nitrogens with zero attached hydrogens (tertiary/aromatic N) is 1. The smallest absolute Gasteiger partial charge is 0.0339 e. The standard InChI is InChI=1S/C12H19BrN2S.ClH/c1-15(9-12-11(13)5-8-16-12)10-3-2-6-14-7-4-10;/h5,8,10,14H,2-4,6-7,9H2,1H3;1H. The van der Waals surface area contributed by atoms with Crippen LogP contribution in [0.4, 0.5) is 0 Å². The Morgan fingerprint density at radius 1 is 1.47 bits per heavy atom. The van der Waals surface area contributed by atoms with Gasteiger partial charge in [0.2, 0.25) is 0 Å². The van der Waals surface area contributed by atoms with Crippen LogP contribution in [0.25, 0.3) is 0 Å². The molecule has 2 heterocycles. The van der Waals surface area contributed by atoms with E-state index in [1.54, 1.807) is 0 Å². The van der Waals surface area contributed by atoms with Crippen LogP contribution in [0.2, 0.25) is 0 Å². The predicted molar refractivity (Wildman–Crippen MR) is 81.2 cm³/mol. The third-order valence-electron chi connectivity index (χ3n) is 3.25. The van der Waals surface area contributed by atoms with Gasteiger partial charge in [-0.25, -0.2) is 0 Å². The highest BCUT2D eigenvalue weighted by Crippen LogP contribution is 2.25. The fourth-order valence-corrected chi connectivity index (χ4v) is 3.78. The molecular weight excluding hydrogens is 320 g/mol. The van der Waals surface area contributed by atoms with Crippen molar-refractivity contribution in [2.75, 3.05) is 20.1 Å². The number of halogens is 2. The molecule has 0 bridgehead atoms. The molecule has 0 saturated carbocycles. The first kappa shape index (κ1) is 15.4. The van der Waals surface area contributed by atoms with Crippen molar-refractivity contribution < 1.29 is 0 Å². The van der Waals surface area contributed by atoms with Gasteiger partial charge in [0.1, 0.15) is 0 Å².